The number of pyridine rings is 1. The van der Waals surface area contributed by atoms with E-state index in [4.69, 9.17) is 0 Å². The van der Waals surface area contributed by atoms with Crippen LogP contribution in [0.5, 0.6) is 5.75 Å². The Morgan fingerprint density at radius 2 is 1.95 bits per heavy atom. The minimum atomic E-state index is -4.73. The molecular weight excluding hydrogens is 269 g/mol. The molecule has 1 heterocycles. The largest absolute Gasteiger partial charge is 0.573 e. The fourth-order valence-corrected chi connectivity index (χ4v) is 2.09. The number of alkyl halides is 3. The van der Waals surface area contributed by atoms with Crippen molar-refractivity contribution in [2.45, 2.75) is 27.1 Å². The number of nitrogens with one attached hydrogen (secondary N) is 1. The van der Waals surface area contributed by atoms with Crippen molar-refractivity contribution in [3.05, 3.63) is 29.5 Å². The third-order valence-electron chi connectivity index (χ3n) is 3.04. The van der Waals surface area contributed by atoms with Crippen molar-refractivity contribution in [1.29, 1.82) is 0 Å². The summed E-state index contributed by atoms with van der Waals surface area (Å²) in [6, 6.07) is 4.53. The molecule has 1 aromatic carbocycles. The highest BCUT2D eigenvalue weighted by atomic mass is 19.4. The lowest BCUT2D eigenvalue weighted by atomic mass is 10.1. The lowest BCUT2D eigenvalue weighted by Gasteiger charge is -2.16. The smallest absolute Gasteiger partial charge is 0.403 e. The summed E-state index contributed by atoms with van der Waals surface area (Å²) >= 11 is 0. The van der Waals surface area contributed by atoms with E-state index in [0.29, 0.717) is 17.6 Å². The zero-order valence-electron chi connectivity index (χ0n) is 11.4. The average molecular weight is 284 g/mol. The van der Waals surface area contributed by atoms with Gasteiger partial charge in [-0.1, -0.05) is 12.1 Å². The van der Waals surface area contributed by atoms with E-state index in [1.165, 1.54) is 12.1 Å². The van der Waals surface area contributed by atoms with Crippen LogP contribution in [0.25, 0.3) is 10.9 Å². The van der Waals surface area contributed by atoms with E-state index in [-0.39, 0.29) is 11.3 Å². The Labute approximate surface area is 114 Å². The fourth-order valence-electron chi connectivity index (χ4n) is 2.09. The molecule has 108 valence electrons. The molecule has 0 spiro atoms. The van der Waals surface area contributed by atoms with Crippen LogP contribution in [-0.4, -0.2) is 17.9 Å². The molecule has 0 saturated carbocycles. The van der Waals surface area contributed by atoms with Crippen LogP contribution in [0.3, 0.4) is 0 Å². The highest BCUT2D eigenvalue weighted by Crippen LogP contribution is 2.35. The number of anilines is 1. The quantitative estimate of drug-likeness (QED) is 0.918. The van der Waals surface area contributed by atoms with Crippen LogP contribution in [0.2, 0.25) is 0 Å². The van der Waals surface area contributed by atoms with E-state index in [9.17, 15) is 13.2 Å². The average Bonchev–Trinajstić information content (AvgIpc) is 2.34. The summed E-state index contributed by atoms with van der Waals surface area (Å²) in [5.74, 6) is -0.280. The zero-order chi connectivity index (χ0) is 14.9. The lowest BCUT2D eigenvalue weighted by Crippen LogP contribution is -2.17. The van der Waals surface area contributed by atoms with E-state index in [1.54, 1.807) is 13.0 Å². The molecule has 1 aromatic heterocycles. The summed E-state index contributed by atoms with van der Waals surface area (Å²) in [4.78, 5) is 4.24. The highest BCUT2D eigenvalue weighted by molar-refractivity contribution is 5.96. The predicted octanol–water partition coefficient (Wildman–Crippen LogP) is 4.18. The van der Waals surface area contributed by atoms with Crippen LogP contribution in [0.1, 0.15) is 18.2 Å². The van der Waals surface area contributed by atoms with E-state index in [2.05, 4.69) is 15.0 Å². The number of ether oxygens (including phenoxy) is 1. The summed E-state index contributed by atoms with van der Waals surface area (Å²) in [6.45, 7) is 6.25. The van der Waals surface area contributed by atoms with Gasteiger partial charge in [0, 0.05) is 23.3 Å². The monoisotopic (exact) mass is 284 g/mol. The maximum atomic E-state index is 12.4. The Morgan fingerprint density at radius 3 is 2.55 bits per heavy atom. The van der Waals surface area contributed by atoms with Gasteiger partial charge in [-0.05, 0) is 32.4 Å². The topological polar surface area (TPSA) is 34.2 Å². The summed E-state index contributed by atoms with van der Waals surface area (Å²) in [5.41, 5.74) is 2.60. The first-order valence-electron chi connectivity index (χ1n) is 6.23. The molecule has 0 radical (unpaired) electrons. The number of nitrogens with zero attached hydrogens (tertiary/aromatic N) is 1. The van der Waals surface area contributed by atoms with Crippen molar-refractivity contribution < 1.29 is 17.9 Å². The maximum Gasteiger partial charge on any atom is 0.573 e. The molecule has 0 saturated heterocycles. The van der Waals surface area contributed by atoms with E-state index < -0.39 is 6.36 Å². The third kappa shape index (κ3) is 2.79. The SMILES string of the molecule is CCNc1c(C)c(C)nc2c(OC(F)(F)F)cccc12. The van der Waals surface area contributed by atoms with Gasteiger partial charge in [-0.3, -0.25) is 0 Å². The summed E-state index contributed by atoms with van der Waals surface area (Å²) in [5, 5.41) is 3.79. The molecule has 0 amide bonds. The van der Waals surface area contributed by atoms with Crippen molar-refractivity contribution in [3.63, 3.8) is 0 Å². The second kappa shape index (κ2) is 5.19. The van der Waals surface area contributed by atoms with Crippen LogP contribution in [0.15, 0.2) is 18.2 Å². The number of benzene rings is 1. The van der Waals surface area contributed by atoms with E-state index in [1.807, 2.05) is 13.8 Å². The Kier molecular flexibility index (Phi) is 3.74. The van der Waals surface area contributed by atoms with Crippen molar-refractivity contribution in [2.24, 2.45) is 0 Å². The van der Waals surface area contributed by atoms with Crippen molar-refractivity contribution >= 4 is 16.6 Å². The molecule has 0 unspecified atom stereocenters. The van der Waals surface area contributed by atoms with Gasteiger partial charge in [0.05, 0.1) is 0 Å². The molecular formula is C14H15F3N2O. The first kappa shape index (κ1) is 14.4. The van der Waals surface area contributed by atoms with Crippen LogP contribution in [0.4, 0.5) is 18.9 Å². The number of hydrogen-bond acceptors (Lipinski definition) is 3. The van der Waals surface area contributed by atoms with Gasteiger partial charge in [-0.2, -0.15) is 0 Å². The van der Waals surface area contributed by atoms with Gasteiger partial charge in [-0.15, -0.1) is 13.2 Å². The molecule has 20 heavy (non-hydrogen) atoms. The van der Waals surface area contributed by atoms with Gasteiger partial charge in [-0.25, -0.2) is 4.98 Å². The predicted molar refractivity (Wildman–Crippen MR) is 72.1 cm³/mol. The molecule has 0 aliphatic heterocycles. The molecule has 2 rings (SSSR count). The first-order valence-corrected chi connectivity index (χ1v) is 6.23. The van der Waals surface area contributed by atoms with Crippen LogP contribution in [0, 0.1) is 13.8 Å². The van der Waals surface area contributed by atoms with Crippen LogP contribution in [-0.2, 0) is 0 Å². The highest BCUT2D eigenvalue weighted by Gasteiger charge is 2.32. The second-order valence-electron chi connectivity index (χ2n) is 4.43. The molecule has 0 aliphatic rings. The number of halogens is 3. The summed E-state index contributed by atoms with van der Waals surface area (Å²) in [7, 11) is 0. The molecule has 1 N–H and O–H groups in total. The van der Waals surface area contributed by atoms with Crippen LogP contribution < -0.4 is 10.1 Å². The van der Waals surface area contributed by atoms with E-state index >= 15 is 0 Å². The van der Waals surface area contributed by atoms with Crippen molar-refractivity contribution in [3.8, 4) is 5.75 Å². The van der Waals surface area contributed by atoms with Crippen molar-refractivity contribution in [2.75, 3.05) is 11.9 Å². The van der Waals surface area contributed by atoms with E-state index in [0.717, 1.165) is 11.3 Å². The Hall–Kier alpha value is -1.98. The van der Waals surface area contributed by atoms with Gasteiger partial charge in [0.1, 0.15) is 5.52 Å². The Morgan fingerprint density at radius 1 is 1.25 bits per heavy atom. The fraction of sp³-hybridized carbons (Fsp3) is 0.357. The standard InChI is InChI=1S/C14H15F3N2O/c1-4-18-12-8(2)9(3)19-13-10(12)6-5-7-11(13)20-14(15,16)17/h5-7H,4H2,1-3H3,(H,18,19). The first-order chi connectivity index (χ1) is 9.33. The van der Waals surface area contributed by atoms with Gasteiger partial charge >= 0.3 is 6.36 Å². The lowest BCUT2D eigenvalue weighted by molar-refractivity contribution is -0.274. The minimum Gasteiger partial charge on any atom is -0.403 e. The Balaban J connectivity index is 2.69. The molecule has 0 bridgehead atoms. The van der Waals surface area contributed by atoms with Crippen molar-refractivity contribution in [1.82, 2.24) is 4.98 Å². The number of rotatable bonds is 3. The molecule has 3 nitrogen and oxygen atoms in total. The number of para-hydroxylation sites is 1. The number of hydrogen-bond donors (Lipinski definition) is 1. The summed E-state index contributed by atoms with van der Waals surface area (Å²) < 4.78 is 41.3. The summed E-state index contributed by atoms with van der Waals surface area (Å²) in [6.07, 6.45) is -4.73. The number of aryl methyl sites for hydroxylation is 1. The molecule has 0 atom stereocenters. The maximum absolute atomic E-state index is 12.4. The van der Waals surface area contributed by atoms with Gasteiger partial charge in [0.25, 0.3) is 0 Å². The van der Waals surface area contributed by atoms with Crippen LogP contribution >= 0.6 is 0 Å². The Bertz CT molecular complexity index is 638. The normalized spacial score (nSPS) is 11.7. The zero-order valence-corrected chi connectivity index (χ0v) is 11.4. The number of fused-ring (bicyclic) bond motifs is 1. The van der Waals surface area contributed by atoms with Gasteiger partial charge in [0.15, 0.2) is 5.75 Å². The molecule has 2 aromatic rings. The number of aromatic nitrogens is 1. The third-order valence-corrected chi connectivity index (χ3v) is 3.04. The second-order valence-corrected chi connectivity index (χ2v) is 4.43. The minimum absolute atomic E-state index is 0.212. The van der Waals surface area contributed by atoms with Gasteiger partial charge < -0.3 is 10.1 Å². The molecule has 0 fully saturated rings. The van der Waals surface area contributed by atoms with Gasteiger partial charge in [0.2, 0.25) is 0 Å². The molecule has 6 heteroatoms. The molecule has 0 aliphatic carbocycles.